The van der Waals surface area contributed by atoms with Crippen molar-refractivity contribution in [3.63, 3.8) is 0 Å². The summed E-state index contributed by atoms with van der Waals surface area (Å²) in [7, 11) is 1.25. The number of nitrogens with one attached hydrogen (secondary N) is 1. The minimum atomic E-state index is -2.18. The first-order valence-corrected chi connectivity index (χ1v) is 19.3. The van der Waals surface area contributed by atoms with E-state index in [1.165, 1.54) is 12.7 Å². The van der Waals surface area contributed by atoms with Crippen LogP contribution in [0.5, 0.6) is 5.75 Å². The van der Waals surface area contributed by atoms with E-state index in [1.807, 2.05) is 19.1 Å². The Morgan fingerprint density at radius 2 is 1.63 bits per heavy atom. The standard InChI is InChI=1S/C44H61NO9/c1-7-9-30-51-36-25-23-35(24-26-36)33-38(40(47)50-6)45-39(46)37(44(49,27-8-2)41(48)54-42(3,4)5)22-15-10-11-17-28-43(52-31-32-53-43)29-18-16-21-34-19-13-12-14-20-34/h12-15,19-20,22-26,37-38,49H,8,10-11,16-18,21,27-33H2,1-6H3,(H,45,46)/b22-15+/t37-,38+,44+/m1/s1. The molecule has 0 spiro atoms. The summed E-state index contributed by atoms with van der Waals surface area (Å²) in [5.41, 5.74) is -1.02. The molecule has 1 fully saturated rings. The molecular formula is C44H61NO9. The second kappa shape index (κ2) is 22.3. The van der Waals surface area contributed by atoms with Gasteiger partial charge in [0.05, 0.1) is 26.2 Å². The van der Waals surface area contributed by atoms with Crippen LogP contribution in [0.25, 0.3) is 0 Å². The summed E-state index contributed by atoms with van der Waals surface area (Å²) in [6.45, 7) is 10.1. The van der Waals surface area contributed by atoms with Crippen LogP contribution in [-0.2, 0) is 46.2 Å². The largest absolute Gasteiger partial charge is 0.481 e. The zero-order valence-electron chi connectivity index (χ0n) is 33.1. The van der Waals surface area contributed by atoms with Crippen LogP contribution in [0.1, 0.15) is 104 Å². The lowest BCUT2D eigenvalue weighted by atomic mass is 9.81. The van der Waals surface area contributed by atoms with Crippen LogP contribution in [0.2, 0.25) is 0 Å². The maximum atomic E-state index is 14.1. The van der Waals surface area contributed by atoms with Crippen molar-refractivity contribution in [2.24, 2.45) is 5.92 Å². The summed E-state index contributed by atoms with van der Waals surface area (Å²) in [6.07, 6.45) is 10.7. The molecule has 54 heavy (non-hydrogen) atoms. The third-order valence-electron chi connectivity index (χ3n) is 9.27. The van der Waals surface area contributed by atoms with Gasteiger partial charge in [0, 0.05) is 19.3 Å². The molecule has 2 aromatic carbocycles. The van der Waals surface area contributed by atoms with Crippen molar-refractivity contribution < 1.29 is 43.2 Å². The minimum Gasteiger partial charge on any atom is -0.481 e. The lowest BCUT2D eigenvalue weighted by molar-refractivity contribution is -0.184. The van der Waals surface area contributed by atoms with E-state index in [4.69, 9.17) is 23.7 Å². The van der Waals surface area contributed by atoms with Gasteiger partial charge >= 0.3 is 11.9 Å². The first kappa shape index (κ1) is 44.2. The maximum Gasteiger partial charge on any atom is 0.339 e. The summed E-state index contributed by atoms with van der Waals surface area (Å²) in [6, 6.07) is 16.5. The van der Waals surface area contributed by atoms with Gasteiger partial charge in [0.15, 0.2) is 11.4 Å². The third kappa shape index (κ3) is 14.6. The number of ether oxygens (including phenoxy) is 5. The van der Waals surface area contributed by atoms with Gasteiger partial charge in [0.25, 0.3) is 0 Å². The highest BCUT2D eigenvalue weighted by molar-refractivity contribution is 5.93. The number of allylic oxidation sites excluding steroid dienone is 1. The molecule has 2 N–H and O–H groups in total. The second-order valence-corrected chi connectivity index (χ2v) is 14.8. The van der Waals surface area contributed by atoms with Crippen molar-refractivity contribution in [3.05, 3.63) is 77.9 Å². The first-order chi connectivity index (χ1) is 25.8. The molecule has 0 unspecified atom stereocenters. The van der Waals surface area contributed by atoms with E-state index in [-0.39, 0.29) is 19.4 Å². The highest BCUT2D eigenvalue weighted by Crippen LogP contribution is 2.33. The Morgan fingerprint density at radius 3 is 2.24 bits per heavy atom. The number of hydrogen-bond donors (Lipinski definition) is 2. The molecule has 0 saturated carbocycles. The van der Waals surface area contributed by atoms with Gasteiger partial charge in [0.1, 0.15) is 24.0 Å². The molecule has 10 heteroatoms. The van der Waals surface area contributed by atoms with Crippen LogP contribution in [0, 0.1) is 17.8 Å². The molecule has 0 radical (unpaired) electrons. The van der Waals surface area contributed by atoms with E-state index in [2.05, 4.69) is 41.4 Å². The highest BCUT2D eigenvalue weighted by Gasteiger charge is 2.49. The fraction of sp³-hybridized carbons (Fsp3) is 0.568. The number of carbonyl (C=O) groups excluding carboxylic acids is 3. The molecule has 0 aliphatic carbocycles. The Morgan fingerprint density at radius 1 is 0.963 bits per heavy atom. The quantitative estimate of drug-likeness (QED) is 0.0564. The number of benzene rings is 2. The fourth-order valence-electron chi connectivity index (χ4n) is 6.51. The van der Waals surface area contributed by atoms with Gasteiger partial charge in [-0.25, -0.2) is 9.59 Å². The van der Waals surface area contributed by atoms with E-state index in [9.17, 15) is 19.5 Å². The summed E-state index contributed by atoms with van der Waals surface area (Å²) in [4.78, 5) is 40.7. The number of hydrogen-bond acceptors (Lipinski definition) is 9. The van der Waals surface area contributed by atoms with Gasteiger partial charge in [-0.05, 0) is 95.9 Å². The lowest BCUT2D eigenvalue weighted by Gasteiger charge is -2.35. The zero-order valence-corrected chi connectivity index (χ0v) is 33.1. The number of amides is 1. The Labute approximate surface area is 322 Å². The van der Waals surface area contributed by atoms with E-state index in [0.29, 0.717) is 31.8 Å². The van der Waals surface area contributed by atoms with E-state index >= 15 is 0 Å². The third-order valence-corrected chi connectivity index (χ3v) is 9.27. The molecule has 1 aliphatic rings. The zero-order chi connectivity index (χ0) is 39.5. The highest BCUT2D eigenvalue weighted by atomic mass is 16.7. The molecule has 1 heterocycles. The summed E-state index contributed by atoms with van der Waals surface area (Å²) in [5.74, 6) is 2.06. The number of aryl methyl sites for hydroxylation is 1. The normalized spacial score (nSPS) is 16.1. The van der Waals surface area contributed by atoms with E-state index in [0.717, 1.165) is 50.5 Å². The van der Waals surface area contributed by atoms with Gasteiger partial charge in [-0.1, -0.05) is 73.9 Å². The molecule has 1 aliphatic heterocycles. The summed E-state index contributed by atoms with van der Waals surface area (Å²) < 4.78 is 28.5. The van der Waals surface area contributed by atoms with Gasteiger partial charge in [-0.3, -0.25) is 4.79 Å². The van der Waals surface area contributed by atoms with Crippen molar-refractivity contribution in [3.8, 4) is 17.6 Å². The van der Waals surface area contributed by atoms with Crippen LogP contribution in [-0.4, -0.2) is 72.9 Å². The maximum absolute atomic E-state index is 14.1. The van der Waals surface area contributed by atoms with E-state index in [1.54, 1.807) is 58.0 Å². The van der Waals surface area contributed by atoms with Crippen molar-refractivity contribution >= 4 is 17.8 Å². The molecule has 3 atom stereocenters. The van der Waals surface area contributed by atoms with Crippen LogP contribution in [0.15, 0.2) is 66.7 Å². The van der Waals surface area contributed by atoms with Gasteiger partial charge in [-0.2, -0.15) is 0 Å². The fourth-order valence-corrected chi connectivity index (χ4v) is 6.51. The number of rotatable bonds is 22. The lowest BCUT2D eigenvalue weighted by Crippen LogP contribution is -2.56. The summed E-state index contributed by atoms with van der Waals surface area (Å²) in [5, 5.41) is 14.8. The molecule has 3 rings (SSSR count). The van der Waals surface area contributed by atoms with Crippen molar-refractivity contribution in [2.75, 3.05) is 26.9 Å². The summed E-state index contributed by atoms with van der Waals surface area (Å²) >= 11 is 0. The Kier molecular flexibility index (Phi) is 18.2. The van der Waals surface area contributed by atoms with Crippen LogP contribution in [0.4, 0.5) is 0 Å². The SMILES string of the molecule is CC#CCOc1ccc(C[C@H](NC(=O)[C@@H](/C=C/CCCCC2(CCCCc3ccccc3)OCCO2)[C@@](O)(CCC)C(=O)OC(C)(C)C)C(=O)OC)cc1. The Bertz CT molecular complexity index is 1530. The van der Waals surface area contributed by atoms with Crippen molar-refractivity contribution in [2.45, 2.75) is 128 Å². The first-order valence-electron chi connectivity index (χ1n) is 19.3. The molecule has 10 nitrogen and oxygen atoms in total. The number of esters is 2. The molecule has 0 aromatic heterocycles. The van der Waals surface area contributed by atoms with Crippen molar-refractivity contribution in [1.82, 2.24) is 5.32 Å². The van der Waals surface area contributed by atoms with Crippen LogP contribution < -0.4 is 10.1 Å². The Hall–Kier alpha value is -4.17. The monoisotopic (exact) mass is 747 g/mol. The van der Waals surface area contributed by atoms with Gasteiger partial charge in [0.2, 0.25) is 5.91 Å². The van der Waals surface area contributed by atoms with Gasteiger partial charge in [-0.15, -0.1) is 5.92 Å². The number of aliphatic hydroxyl groups is 1. The Balaban J connectivity index is 1.71. The average Bonchev–Trinajstić information content (AvgIpc) is 3.61. The van der Waals surface area contributed by atoms with Crippen molar-refractivity contribution in [1.29, 1.82) is 0 Å². The number of methoxy groups -OCH3 is 1. The second-order valence-electron chi connectivity index (χ2n) is 14.8. The minimum absolute atomic E-state index is 0.0292. The predicted octanol–water partition coefficient (Wildman–Crippen LogP) is 7.05. The molecule has 1 amide bonds. The molecule has 0 bridgehead atoms. The number of unbranched alkanes of at least 4 members (excludes halogenated alkanes) is 3. The average molecular weight is 748 g/mol. The predicted molar refractivity (Wildman–Crippen MR) is 208 cm³/mol. The van der Waals surface area contributed by atoms with Gasteiger partial charge < -0.3 is 34.1 Å². The number of carbonyl (C=O) groups is 3. The molecular weight excluding hydrogens is 686 g/mol. The molecule has 1 saturated heterocycles. The van der Waals surface area contributed by atoms with Crippen LogP contribution in [0.3, 0.4) is 0 Å². The smallest absolute Gasteiger partial charge is 0.339 e. The van der Waals surface area contributed by atoms with E-state index < -0.39 is 46.8 Å². The van der Waals surface area contributed by atoms with Crippen LogP contribution >= 0.6 is 0 Å². The molecule has 296 valence electrons. The molecule has 2 aromatic rings. The topological polar surface area (TPSA) is 130 Å².